The molecule has 7 heteroatoms. The van der Waals surface area contributed by atoms with Gasteiger partial charge in [0.1, 0.15) is 6.54 Å². The van der Waals surface area contributed by atoms with Gasteiger partial charge in [-0.25, -0.2) is 0 Å². The van der Waals surface area contributed by atoms with Gasteiger partial charge in [0.15, 0.2) is 0 Å². The lowest BCUT2D eigenvalue weighted by Crippen LogP contribution is -2.26. The standard InChI is InChI=1S/C7H12N4O3/c1-14-7(13)3-2-4-9-6(12)5-10-11-8/h2-5H2,1H3,(H,9,12). The SMILES string of the molecule is COC(=O)CCCNC(=O)CN=[N+]=[N-]. The fraction of sp³-hybridized carbons (Fsp3) is 0.714. The largest absolute Gasteiger partial charge is 0.469 e. The van der Waals surface area contributed by atoms with Crippen molar-refractivity contribution >= 4 is 11.9 Å². The van der Waals surface area contributed by atoms with Crippen LogP contribution in [0.25, 0.3) is 10.4 Å². The third-order valence-electron chi connectivity index (χ3n) is 1.39. The Bertz CT molecular complexity index is 247. The summed E-state index contributed by atoms with van der Waals surface area (Å²) in [6.45, 7) is 0.156. The van der Waals surface area contributed by atoms with Crippen molar-refractivity contribution in [2.45, 2.75) is 12.8 Å². The van der Waals surface area contributed by atoms with Crippen molar-refractivity contribution in [3.8, 4) is 0 Å². The van der Waals surface area contributed by atoms with Crippen molar-refractivity contribution in [3.63, 3.8) is 0 Å². The molecule has 0 aliphatic rings. The van der Waals surface area contributed by atoms with E-state index in [2.05, 4.69) is 20.1 Å². The Kier molecular flexibility index (Phi) is 6.89. The van der Waals surface area contributed by atoms with Crippen LogP contribution >= 0.6 is 0 Å². The first kappa shape index (κ1) is 12.2. The number of amides is 1. The fourth-order valence-corrected chi connectivity index (χ4v) is 0.714. The first-order valence-electron chi connectivity index (χ1n) is 4.05. The molecule has 0 saturated carbocycles. The van der Waals surface area contributed by atoms with Gasteiger partial charge in [0.25, 0.3) is 0 Å². The quantitative estimate of drug-likeness (QED) is 0.220. The van der Waals surface area contributed by atoms with Crippen LogP contribution in [0.4, 0.5) is 0 Å². The molecule has 0 aromatic rings. The lowest BCUT2D eigenvalue weighted by molar-refractivity contribution is -0.140. The molecule has 0 rings (SSSR count). The van der Waals surface area contributed by atoms with E-state index < -0.39 is 0 Å². The van der Waals surface area contributed by atoms with Crippen LogP contribution in [0.2, 0.25) is 0 Å². The second-order valence-electron chi connectivity index (χ2n) is 2.42. The zero-order chi connectivity index (χ0) is 10.8. The molecule has 78 valence electrons. The molecule has 0 aliphatic carbocycles. The van der Waals surface area contributed by atoms with Crippen LogP contribution in [0.3, 0.4) is 0 Å². The second kappa shape index (κ2) is 7.88. The molecule has 0 aliphatic heterocycles. The number of azide groups is 1. The maximum Gasteiger partial charge on any atom is 0.305 e. The molecule has 0 unspecified atom stereocenters. The zero-order valence-electron chi connectivity index (χ0n) is 7.89. The van der Waals surface area contributed by atoms with Crippen LogP contribution in [-0.2, 0) is 14.3 Å². The minimum Gasteiger partial charge on any atom is -0.469 e. The molecule has 0 radical (unpaired) electrons. The van der Waals surface area contributed by atoms with E-state index in [1.807, 2.05) is 0 Å². The zero-order valence-corrected chi connectivity index (χ0v) is 7.89. The lowest BCUT2D eigenvalue weighted by atomic mass is 10.3. The van der Waals surface area contributed by atoms with E-state index in [9.17, 15) is 9.59 Å². The average Bonchev–Trinajstić information content (AvgIpc) is 2.21. The van der Waals surface area contributed by atoms with Crippen molar-refractivity contribution in [2.75, 3.05) is 20.2 Å². The molecule has 0 bridgehead atoms. The molecule has 1 amide bonds. The average molecular weight is 200 g/mol. The summed E-state index contributed by atoms with van der Waals surface area (Å²) >= 11 is 0. The van der Waals surface area contributed by atoms with Crippen molar-refractivity contribution < 1.29 is 14.3 Å². The van der Waals surface area contributed by atoms with Crippen molar-refractivity contribution in [3.05, 3.63) is 10.4 Å². The molecule has 7 nitrogen and oxygen atoms in total. The van der Waals surface area contributed by atoms with Crippen LogP contribution in [-0.4, -0.2) is 32.1 Å². The number of rotatable bonds is 6. The Morgan fingerprint density at radius 1 is 1.57 bits per heavy atom. The number of carbonyl (C=O) groups is 2. The third-order valence-corrected chi connectivity index (χ3v) is 1.39. The molecule has 14 heavy (non-hydrogen) atoms. The Balaban J connectivity index is 3.40. The molecule has 0 aromatic heterocycles. The lowest BCUT2D eigenvalue weighted by Gasteiger charge is -2.01. The number of esters is 1. The van der Waals surface area contributed by atoms with E-state index >= 15 is 0 Å². The highest BCUT2D eigenvalue weighted by Gasteiger charge is 2.01. The molecule has 0 aromatic carbocycles. The Labute approximate surface area is 81.0 Å². The molecule has 0 heterocycles. The first-order valence-corrected chi connectivity index (χ1v) is 4.05. The maximum absolute atomic E-state index is 10.8. The molecular formula is C7H12N4O3. The van der Waals surface area contributed by atoms with Gasteiger partial charge in [-0.15, -0.1) is 0 Å². The van der Waals surface area contributed by atoms with E-state index in [0.29, 0.717) is 13.0 Å². The number of carbonyl (C=O) groups excluding carboxylic acids is 2. The Morgan fingerprint density at radius 3 is 2.86 bits per heavy atom. The van der Waals surface area contributed by atoms with Crippen LogP contribution in [0.5, 0.6) is 0 Å². The summed E-state index contributed by atoms with van der Waals surface area (Å²) in [5, 5.41) is 5.56. The molecule has 1 N–H and O–H groups in total. The van der Waals surface area contributed by atoms with Crippen LogP contribution in [0, 0.1) is 0 Å². The van der Waals surface area contributed by atoms with Gasteiger partial charge < -0.3 is 10.1 Å². The number of hydrogen-bond donors (Lipinski definition) is 1. The van der Waals surface area contributed by atoms with Gasteiger partial charge in [0.05, 0.1) is 7.11 Å². The molecule has 0 atom stereocenters. The number of nitrogens with one attached hydrogen (secondary N) is 1. The number of methoxy groups -OCH3 is 1. The van der Waals surface area contributed by atoms with Crippen molar-refractivity contribution in [2.24, 2.45) is 5.11 Å². The summed E-state index contributed by atoms with van der Waals surface area (Å²) in [6.07, 6.45) is 0.771. The van der Waals surface area contributed by atoms with E-state index in [1.54, 1.807) is 0 Å². The van der Waals surface area contributed by atoms with Gasteiger partial charge in [0.2, 0.25) is 5.91 Å². The summed E-state index contributed by atoms with van der Waals surface area (Å²) in [7, 11) is 1.31. The van der Waals surface area contributed by atoms with Gasteiger partial charge in [-0.2, -0.15) is 0 Å². The highest BCUT2D eigenvalue weighted by molar-refractivity contribution is 5.78. The molecular weight excluding hydrogens is 188 g/mol. The highest BCUT2D eigenvalue weighted by Crippen LogP contribution is 1.89. The smallest absolute Gasteiger partial charge is 0.305 e. The van der Waals surface area contributed by atoms with Crippen molar-refractivity contribution in [1.29, 1.82) is 0 Å². The number of ether oxygens (including phenoxy) is 1. The van der Waals surface area contributed by atoms with E-state index in [4.69, 9.17) is 5.53 Å². The normalized spacial score (nSPS) is 8.64. The first-order chi connectivity index (χ1) is 6.70. The second-order valence-corrected chi connectivity index (χ2v) is 2.42. The maximum atomic E-state index is 10.8. The minimum atomic E-state index is -0.354. The monoisotopic (exact) mass is 200 g/mol. The highest BCUT2D eigenvalue weighted by atomic mass is 16.5. The summed E-state index contributed by atoms with van der Waals surface area (Å²) in [4.78, 5) is 23.9. The van der Waals surface area contributed by atoms with E-state index in [1.165, 1.54) is 7.11 Å². The molecule has 0 fully saturated rings. The summed E-state index contributed by atoms with van der Waals surface area (Å²) in [5.74, 6) is -0.665. The Morgan fingerprint density at radius 2 is 2.29 bits per heavy atom. The predicted octanol–water partition coefficient (Wildman–Crippen LogP) is 0.366. The van der Waals surface area contributed by atoms with Gasteiger partial charge in [-0.05, 0) is 12.0 Å². The summed E-state index contributed by atoms with van der Waals surface area (Å²) in [6, 6.07) is 0. The molecule has 0 spiro atoms. The number of hydrogen-bond acceptors (Lipinski definition) is 4. The van der Waals surface area contributed by atoms with Crippen LogP contribution < -0.4 is 5.32 Å². The number of nitrogens with zero attached hydrogens (tertiary/aromatic N) is 3. The third kappa shape index (κ3) is 6.93. The summed E-state index contributed by atoms with van der Waals surface area (Å²) < 4.78 is 4.40. The van der Waals surface area contributed by atoms with Gasteiger partial charge >= 0.3 is 5.97 Å². The van der Waals surface area contributed by atoms with Gasteiger partial charge in [-0.3, -0.25) is 9.59 Å². The van der Waals surface area contributed by atoms with E-state index in [-0.39, 0.29) is 24.8 Å². The summed E-state index contributed by atoms with van der Waals surface area (Å²) in [5.41, 5.74) is 7.91. The minimum absolute atomic E-state index is 0.214. The van der Waals surface area contributed by atoms with Gasteiger partial charge in [-0.1, -0.05) is 5.11 Å². The van der Waals surface area contributed by atoms with Crippen LogP contribution in [0.1, 0.15) is 12.8 Å². The predicted molar refractivity (Wildman–Crippen MR) is 48.3 cm³/mol. The van der Waals surface area contributed by atoms with Crippen LogP contribution in [0.15, 0.2) is 5.11 Å². The molecule has 0 saturated heterocycles. The fourth-order valence-electron chi connectivity index (χ4n) is 0.714. The van der Waals surface area contributed by atoms with E-state index in [0.717, 1.165) is 0 Å². The van der Waals surface area contributed by atoms with Gasteiger partial charge in [0, 0.05) is 17.9 Å². The topological polar surface area (TPSA) is 104 Å². The Hall–Kier alpha value is -1.75. The van der Waals surface area contributed by atoms with Crippen molar-refractivity contribution in [1.82, 2.24) is 5.32 Å².